The fourth-order valence-electron chi connectivity index (χ4n) is 6.94. The van der Waals surface area contributed by atoms with Crippen LogP contribution in [0.15, 0.2) is 0 Å². The Hall–Kier alpha value is -0.650. The third kappa shape index (κ3) is 2.15. The van der Waals surface area contributed by atoms with Crippen LogP contribution in [0.3, 0.4) is 0 Å². The summed E-state index contributed by atoms with van der Waals surface area (Å²) in [6, 6.07) is 0. The first-order valence-corrected chi connectivity index (χ1v) is 9.86. The molecule has 4 rings (SSSR count). The zero-order chi connectivity index (χ0) is 18.1. The van der Waals surface area contributed by atoms with Crippen molar-refractivity contribution in [2.75, 3.05) is 13.2 Å². The fourth-order valence-corrected chi connectivity index (χ4v) is 6.94. The number of aliphatic hydroxyl groups excluding tert-OH is 2. The summed E-state index contributed by atoms with van der Waals surface area (Å²) in [7, 11) is 0. The van der Waals surface area contributed by atoms with Crippen LogP contribution < -0.4 is 0 Å². The summed E-state index contributed by atoms with van der Waals surface area (Å²) < 4.78 is 12.1. The maximum absolute atomic E-state index is 11.7. The number of hydrogen-bond acceptors (Lipinski definition) is 5. The fraction of sp³-hybridized carbons (Fsp3) is 0.950. The third-order valence-electron chi connectivity index (χ3n) is 8.57. The van der Waals surface area contributed by atoms with Crippen LogP contribution in [-0.2, 0) is 14.3 Å². The van der Waals surface area contributed by atoms with Gasteiger partial charge in [0.1, 0.15) is 12.2 Å². The van der Waals surface area contributed by atoms with Crippen LogP contribution in [0.1, 0.15) is 65.7 Å². The molecule has 2 heterocycles. The number of carbonyl (C=O) groups excluding carboxylic acids is 1. The Bertz CT molecular complexity index is 578. The van der Waals surface area contributed by atoms with Crippen molar-refractivity contribution in [3.05, 3.63) is 0 Å². The number of cyclic esters (lactones) is 1. The first-order valence-electron chi connectivity index (χ1n) is 9.86. The van der Waals surface area contributed by atoms with Crippen molar-refractivity contribution in [2.45, 2.75) is 83.0 Å². The van der Waals surface area contributed by atoms with Crippen molar-refractivity contribution in [2.24, 2.45) is 22.7 Å². The molecule has 4 aliphatic rings. The lowest BCUT2D eigenvalue weighted by molar-refractivity contribution is -0.266. The van der Waals surface area contributed by atoms with Crippen LogP contribution in [0, 0.1) is 22.7 Å². The molecule has 0 bridgehead atoms. The molecule has 4 fully saturated rings. The molecule has 2 saturated heterocycles. The molecule has 0 aromatic heterocycles. The lowest BCUT2D eigenvalue weighted by Crippen LogP contribution is -2.66. The molecule has 7 atom stereocenters. The zero-order valence-corrected chi connectivity index (χ0v) is 15.7. The average Bonchev–Trinajstić information content (AvgIpc) is 3.14. The van der Waals surface area contributed by atoms with Gasteiger partial charge in [0, 0.05) is 10.8 Å². The minimum absolute atomic E-state index is 0.00558. The summed E-state index contributed by atoms with van der Waals surface area (Å²) in [5.74, 6) is 0.474. The predicted octanol–water partition coefficient (Wildman–Crippen LogP) is 2.43. The van der Waals surface area contributed by atoms with Gasteiger partial charge in [0.05, 0.1) is 24.7 Å². The van der Waals surface area contributed by atoms with Gasteiger partial charge in [0.15, 0.2) is 0 Å². The predicted molar refractivity (Wildman–Crippen MR) is 91.8 cm³/mol. The van der Waals surface area contributed by atoms with E-state index in [-0.39, 0.29) is 29.5 Å². The molecule has 5 heteroatoms. The van der Waals surface area contributed by atoms with Gasteiger partial charge < -0.3 is 19.7 Å². The van der Waals surface area contributed by atoms with Gasteiger partial charge in [0.2, 0.25) is 0 Å². The van der Waals surface area contributed by atoms with E-state index in [1.165, 1.54) is 0 Å². The third-order valence-corrected chi connectivity index (χ3v) is 8.57. The van der Waals surface area contributed by atoms with Crippen LogP contribution in [0.5, 0.6) is 0 Å². The zero-order valence-electron chi connectivity index (χ0n) is 15.7. The minimum Gasteiger partial charge on any atom is -0.463 e. The topological polar surface area (TPSA) is 76.0 Å². The van der Waals surface area contributed by atoms with Gasteiger partial charge in [-0.1, -0.05) is 20.8 Å². The van der Waals surface area contributed by atoms with Gasteiger partial charge in [-0.05, 0) is 50.4 Å². The van der Waals surface area contributed by atoms with Gasteiger partial charge in [-0.25, -0.2) is 0 Å². The van der Waals surface area contributed by atoms with E-state index in [9.17, 15) is 15.0 Å². The van der Waals surface area contributed by atoms with Crippen molar-refractivity contribution in [1.29, 1.82) is 0 Å². The molecule has 2 aliphatic heterocycles. The van der Waals surface area contributed by atoms with Gasteiger partial charge in [-0.2, -0.15) is 0 Å². The van der Waals surface area contributed by atoms with E-state index in [0.717, 1.165) is 32.1 Å². The number of esters is 1. The van der Waals surface area contributed by atoms with Crippen molar-refractivity contribution in [1.82, 2.24) is 0 Å². The average molecular weight is 352 g/mol. The number of rotatable bonds is 1. The Balaban J connectivity index is 1.74. The molecule has 0 radical (unpaired) electrons. The molecule has 3 unspecified atom stereocenters. The Morgan fingerprint density at radius 1 is 1.16 bits per heavy atom. The van der Waals surface area contributed by atoms with Gasteiger partial charge >= 0.3 is 5.97 Å². The van der Waals surface area contributed by atoms with Crippen LogP contribution in [0.25, 0.3) is 0 Å². The molecule has 25 heavy (non-hydrogen) atoms. The van der Waals surface area contributed by atoms with Gasteiger partial charge in [-0.15, -0.1) is 0 Å². The highest BCUT2D eigenvalue weighted by molar-refractivity contribution is 5.73. The van der Waals surface area contributed by atoms with Crippen LogP contribution >= 0.6 is 0 Å². The molecule has 0 aromatic carbocycles. The van der Waals surface area contributed by atoms with Gasteiger partial charge in [0.25, 0.3) is 0 Å². The normalized spacial score (nSPS) is 55.6. The first kappa shape index (κ1) is 17.7. The number of hydrogen-bond donors (Lipinski definition) is 2. The number of aliphatic hydroxyl groups is 2. The Morgan fingerprint density at radius 3 is 2.56 bits per heavy atom. The lowest BCUT2D eigenvalue weighted by Gasteiger charge is -2.65. The van der Waals surface area contributed by atoms with E-state index in [1.807, 2.05) is 6.92 Å². The number of carbonyl (C=O) groups is 1. The van der Waals surface area contributed by atoms with E-state index in [1.54, 1.807) is 0 Å². The molecule has 0 amide bonds. The van der Waals surface area contributed by atoms with E-state index in [0.29, 0.717) is 25.4 Å². The molecule has 0 aromatic rings. The summed E-state index contributed by atoms with van der Waals surface area (Å²) in [5.41, 5.74) is -1.33. The summed E-state index contributed by atoms with van der Waals surface area (Å²) in [5, 5.41) is 20.8. The summed E-state index contributed by atoms with van der Waals surface area (Å²) >= 11 is 0. The van der Waals surface area contributed by atoms with Crippen molar-refractivity contribution < 1.29 is 24.5 Å². The second kappa shape index (κ2) is 5.43. The molecular formula is C20H32O5. The molecule has 2 spiro atoms. The molecular weight excluding hydrogens is 320 g/mol. The maximum atomic E-state index is 11.7. The Labute approximate surface area is 150 Å². The van der Waals surface area contributed by atoms with Gasteiger partial charge in [-0.3, -0.25) is 4.79 Å². The highest BCUT2D eigenvalue weighted by atomic mass is 16.6. The molecule has 2 saturated carbocycles. The SMILES string of the molecule is CC1CCC2[C@](C)(CO)[C@@H](O)CC[C@]2(C)[C@@]12CCC1(COC(=O)C1)O2. The molecule has 2 N–H and O–H groups in total. The quantitative estimate of drug-likeness (QED) is 0.709. The highest BCUT2D eigenvalue weighted by Crippen LogP contribution is 2.68. The maximum Gasteiger partial charge on any atom is 0.308 e. The Morgan fingerprint density at radius 2 is 1.92 bits per heavy atom. The second-order valence-electron chi connectivity index (χ2n) is 9.68. The number of fused-ring (bicyclic) bond motifs is 2. The minimum atomic E-state index is -0.485. The van der Waals surface area contributed by atoms with E-state index >= 15 is 0 Å². The van der Waals surface area contributed by atoms with E-state index in [2.05, 4.69) is 13.8 Å². The first-order chi connectivity index (χ1) is 11.7. The van der Waals surface area contributed by atoms with Crippen LogP contribution in [-0.4, -0.2) is 46.7 Å². The lowest BCUT2D eigenvalue weighted by atomic mass is 9.43. The van der Waals surface area contributed by atoms with E-state index < -0.39 is 17.1 Å². The van der Waals surface area contributed by atoms with Crippen molar-refractivity contribution >= 4 is 5.97 Å². The van der Waals surface area contributed by atoms with E-state index in [4.69, 9.17) is 9.47 Å². The van der Waals surface area contributed by atoms with Crippen LogP contribution in [0.4, 0.5) is 0 Å². The summed E-state index contributed by atoms with van der Waals surface area (Å²) in [4.78, 5) is 11.7. The van der Waals surface area contributed by atoms with Crippen molar-refractivity contribution in [3.63, 3.8) is 0 Å². The number of ether oxygens (including phenoxy) is 2. The molecule has 2 aliphatic carbocycles. The van der Waals surface area contributed by atoms with Crippen molar-refractivity contribution in [3.8, 4) is 0 Å². The molecule has 5 nitrogen and oxygen atoms in total. The standard InChI is InChI=1S/C20H32O5/c1-13-4-5-14-17(2,11-21)15(22)6-7-18(14,3)20(13)9-8-19(25-20)10-16(23)24-12-19/h13-15,21-22H,4-12H2,1-3H3/t13?,14?,15-,17-,18-,19?,20+/m0/s1. The summed E-state index contributed by atoms with van der Waals surface area (Å²) in [6.07, 6.45) is 5.36. The summed E-state index contributed by atoms with van der Waals surface area (Å²) in [6.45, 7) is 7.01. The molecule has 142 valence electrons. The highest BCUT2D eigenvalue weighted by Gasteiger charge is 2.69. The largest absolute Gasteiger partial charge is 0.463 e. The smallest absolute Gasteiger partial charge is 0.308 e. The second-order valence-corrected chi connectivity index (χ2v) is 9.68. The Kier molecular flexibility index (Phi) is 3.85. The van der Waals surface area contributed by atoms with Crippen LogP contribution in [0.2, 0.25) is 0 Å². The monoisotopic (exact) mass is 352 g/mol.